The number of carbonyl (C=O) groups excluding carboxylic acids is 1. The average Bonchev–Trinajstić information content (AvgIpc) is 2.86. The summed E-state index contributed by atoms with van der Waals surface area (Å²) in [6.07, 6.45) is 0.463. The number of carbonyl (C=O) groups is 1. The Morgan fingerprint density at radius 2 is 2.28 bits per heavy atom. The van der Waals surface area contributed by atoms with Crippen molar-refractivity contribution in [2.24, 2.45) is 11.1 Å². The number of primary amides is 1. The first-order valence-corrected chi connectivity index (χ1v) is 8.42. The number of hydrogen-bond donors (Lipinski definition) is 1. The third-order valence-electron chi connectivity index (χ3n) is 3.19. The number of sulfonamides is 1. The lowest BCUT2D eigenvalue weighted by molar-refractivity contribution is -0.126. The second-order valence-corrected chi connectivity index (χ2v) is 8.47. The molecule has 0 aromatic carbocycles. The number of nitrogens with zero attached hydrogens (tertiary/aromatic N) is 1. The van der Waals surface area contributed by atoms with E-state index in [2.05, 4.69) is 15.9 Å². The second kappa shape index (κ2) is 4.59. The van der Waals surface area contributed by atoms with Crippen molar-refractivity contribution in [3.05, 3.63) is 15.9 Å². The van der Waals surface area contributed by atoms with Crippen LogP contribution in [0.5, 0.6) is 0 Å². The zero-order valence-electron chi connectivity index (χ0n) is 9.72. The minimum absolute atomic E-state index is 0.148. The van der Waals surface area contributed by atoms with E-state index in [4.69, 9.17) is 5.73 Å². The van der Waals surface area contributed by atoms with Crippen LogP contribution in [0.25, 0.3) is 0 Å². The first kappa shape index (κ1) is 14.0. The Kier molecular flexibility index (Phi) is 3.56. The normalized spacial score (nSPS) is 25.4. The van der Waals surface area contributed by atoms with E-state index in [0.717, 1.165) is 11.3 Å². The van der Waals surface area contributed by atoms with Crippen molar-refractivity contribution in [2.75, 3.05) is 13.1 Å². The van der Waals surface area contributed by atoms with Gasteiger partial charge in [0.15, 0.2) is 0 Å². The van der Waals surface area contributed by atoms with Crippen LogP contribution in [-0.2, 0) is 14.8 Å². The summed E-state index contributed by atoms with van der Waals surface area (Å²) in [4.78, 5) is 11.3. The largest absolute Gasteiger partial charge is 0.369 e. The molecule has 18 heavy (non-hydrogen) atoms. The summed E-state index contributed by atoms with van der Waals surface area (Å²) in [7, 11) is -3.53. The molecule has 1 aromatic heterocycles. The maximum absolute atomic E-state index is 12.4. The van der Waals surface area contributed by atoms with Crippen molar-refractivity contribution in [3.63, 3.8) is 0 Å². The van der Waals surface area contributed by atoms with Crippen LogP contribution in [-0.4, -0.2) is 31.7 Å². The predicted molar refractivity (Wildman–Crippen MR) is 72.7 cm³/mol. The molecule has 1 saturated heterocycles. The molecule has 1 aliphatic rings. The van der Waals surface area contributed by atoms with E-state index >= 15 is 0 Å². The molecule has 2 rings (SSSR count). The predicted octanol–water partition coefficient (Wildman–Crippen LogP) is 1.40. The van der Waals surface area contributed by atoms with E-state index in [-0.39, 0.29) is 10.8 Å². The first-order chi connectivity index (χ1) is 8.27. The van der Waals surface area contributed by atoms with Crippen LogP contribution in [0.1, 0.15) is 13.3 Å². The van der Waals surface area contributed by atoms with Gasteiger partial charge in [0.2, 0.25) is 5.91 Å². The Labute approximate surface area is 118 Å². The molecule has 1 aliphatic heterocycles. The Hall–Kier alpha value is -0.440. The van der Waals surface area contributed by atoms with E-state index < -0.39 is 21.3 Å². The van der Waals surface area contributed by atoms with Gasteiger partial charge in [0.05, 0.1) is 5.41 Å². The number of rotatable bonds is 3. The monoisotopic (exact) mass is 352 g/mol. The highest BCUT2D eigenvalue weighted by molar-refractivity contribution is 9.10. The molecule has 1 amide bonds. The molecule has 8 heteroatoms. The molecular weight excluding hydrogens is 340 g/mol. The van der Waals surface area contributed by atoms with Gasteiger partial charge in [0, 0.05) is 17.6 Å². The molecule has 1 fully saturated rings. The fraction of sp³-hybridized carbons (Fsp3) is 0.500. The SMILES string of the molecule is CC1(C(N)=O)CCN(S(=O)(=O)c2sccc2Br)C1. The van der Waals surface area contributed by atoms with Gasteiger partial charge in [0.1, 0.15) is 4.21 Å². The number of halogens is 1. The van der Waals surface area contributed by atoms with Crippen LogP contribution in [0.4, 0.5) is 0 Å². The van der Waals surface area contributed by atoms with Crippen LogP contribution in [0.15, 0.2) is 20.1 Å². The molecule has 1 aromatic rings. The molecule has 0 aliphatic carbocycles. The van der Waals surface area contributed by atoms with Gasteiger partial charge in [-0.1, -0.05) is 0 Å². The van der Waals surface area contributed by atoms with Crippen LogP contribution in [0.3, 0.4) is 0 Å². The van der Waals surface area contributed by atoms with Gasteiger partial charge in [-0.05, 0) is 40.7 Å². The van der Waals surface area contributed by atoms with E-state index in [1.54, 1.807) is 18.4 Å². The van der Waals surface area contributed by atoms with Crippen molar-refractivity contribution in [2.45, 2.75) is 17.6 Å². The van der Waals surface area contributed by atoms with Crippen molar-refractivity contribution in [1.29, 1.82) is 0 Å². The van der Waals surface area contributed by atoms with Crippen LogP contribution >= 0.6 is 27.3 Å². The molecule has 100 valence electrons. The van der Waals surface area contributed by atoms with Gasteiger partial charge in [-0.15, -0.1) is 11.3 Å². The molecule has 0 bridgehead atoms. The first-order valence-electron chi connectivity index (χ1n) is 5.30. The minimum Gasteiger partial charge on any atom is -0.369 e. The Morgan fingerprint density at radius 3 is 2.72 bits per heavy atom. The summed E-state index contributed by atoms with van der Waals surface area (Å²) in [5.41, 5.74) is 4.55. The van der Waals surface area contributed by atoms with E-state index in [1.807, 2.05) is 0 Å². The van der Waals surface area contributed by atoms with Crippen LogP contribution in [0, 0.1) is 5.41 Å². The summed E-state index contributed by atoms with van der Waals surface area (Å²) in [6.45, 7) is 2.18. The lowest BCUT2D eigenvalue weighted by atomic mass is 9.89. The van der Waals surface area contributed by atoms with Crippen LogP contribution in [0.2, 0.25) is 0 Å². The maximum atomic E-state index is 12.4. The van der Waals surface area contributed by atoms with Crippen LogP contribution < -0.4 is 5.73 Å². The van der Waals surface area contributed by atoms with Crippen molar-refractivity contribution in [3.8, 4) is 0 Å². The molecule has 0 spiro atoms. The third kappa shape index (κ3) is 2.22. The van der Waals surface area contributed by atoms with Gasteiger partial charge >= 0.3 is 0 Å². The summed E-state index contributed by atoms with van der Waals surface area (Å²) < 4.78 is 26.9. The molecule has 0 radical (unpaired) electrons. The standard InChI is InChI=1S/C10H13BrN2O3S2/c1-10(9(12)14)3-4-13(6-10)18(15,16)8-7(11)2-5-17-8/h2,5H,3-4,6H2,1H3,(H2,12,14). The van der Waals surface area contributed by atoms with Gasteiger partial charge < -0.3 is 5.73 Å². The summed E-state index contributed by atoms with van der Waals surface area (Å²) in [5.74, 6) is -0.453. The number of amides is 1. The fourth-order valence-corrected chi connectivity index (χ4v) is 5.92. The highest BCUT2D eigenvalue weighted by atomic mass is 79.9. The van der Waals surface area contributed by atoms with Crippen molar-refractivity contribution >= 4 is 43.2 Å². The molecule has 2 heterocycles. The third-order valence-corrected chi connectivity index (χ3v) is 7.68. The zero-order chi connectivity index (χ0) is 13.6. The minimum atomic E-state index is -3.53. The molecule has 0 saturated carbocycles. The lowest BCUT2D eigenvalue weighted by Gasteiger charge is -2.20. The highest BCUT2D eigenvalue weighted by Crippen LogP contribution is 2.36. The Morgan fingerprint density at radius 1 is 1.61 bits per heavy atom. The second-order valence-electron chi connectivity index (χ2n) is 4.57. The average molecular weight is 353 g/mol. The van der Waals surface area contributed by atoms with Gasteiger partial charge in [0.25, 0.3) is 10.0 Å². The Bertz CT molecular complexity index is 584. The summed E-state index contributed by atoms with van der Waals surface area (Å²) in [5, 5.41) is 1.71. The van der Waals surface area contributed by atoms with E-state index in [9.17, 15) is 13.2 Å². The topological polar surface area (TPSA) is 80.5 Å². The Balaban J connectivity index is 2.30. The number of nitrogens with two attached hydrogens (primary N) is 1. The van der Waals surface area contributed by atoms with Gasteiger partial charge in [-0.2, -0.15) is 4.31 Å². The molecular formula is C10H13BrN2O3S2. The van der Waals surface area contributed by atoms with E-state index in [1.165, 1.54) is 4.31 Å². The highest BCUT2D eigenvalue weighted by Gasteiger charge is 2.44. The molecule has 2 N–H and O–H groups in total. The molecule has 1 unspecified atom stereocenters. The lowest BCUT2D eigenvalue weighted by Crippen LogP contribution is -2.38. The van der Waals surface area contributed by atoms with Gasteiger partial charge in [-0.25, -0.2) is 8.42 Å². The van der Waals surface area contributed by atoms with E-state index in [0.29, 0.717) is 17.4 Å². The van der Waals surface area contributed by atoms with Gasteiger partial charge in [-0.3, -0.25) is 4.79 Å². The summed E-state index contributed by atoms with van der Waals surface area (Å²) >= 11 is 4.38. The fourth-order valence-electron chi connectivity index (χ4n) is 1.91. The molecule has 1 atom stereocenters. The smallest absolute Gasteiger partial charge is 0.253 e. The maximum Gasteiger partial charge on any atom is 0.253 e. The quantitative estimate of drug-likeness (QED) is 0.892. The van der Waals surface area contributed by atoms with Crippen molar-refractivity contribution < 1.29 is 13.2 Å². The summed E-state index contributed by atoms with van der Waals surface area (Å²) in [6, 6.07) is 1.70. The number of hydrogen-bond acceptors (Lipinski definition) is 4. The zero-order valence-corrected chi connectivity index (χ0v) is 12.9. The molecule has 5 nitrogen and oxygen atoms in total. The van der Waals surface area contributed by atoms with Crippen molar-refractivity contribution in [1.82, 2.24) is 4.31 Å². The number of thiophene rings is 1.